The van der Waals surface area contributed by atoms with Crippen LogP contribution in [0.25, 0.3) is 0 Å². The summed E-state index contributed by atoms with van der Waals surface area (Å²) in [5.41, 5.74) is 6.47. The number of thioether (sulfide) groups is 1. The van der Waals surface area contributed by atoms with Crippen LogP contribution in [0.5, 0.6) is 5.75 Å². The molecule has 116 valence electrons. The van der Waals surface area contributed by atoms with Gasteiger partial charge in [-0.05, 0) is 48.9 Å². The summed E-state index contributed by atoms with van der Waals surface area (Å²) in [7, 11) is 0. The number of halogens is 1. The monoisotopic (exact) mass is 311 g/mol. The van der Waals surface area contributed by atoms with E-state index in [1.807, 2.05) is 11.8 Å². The zero-order chi connectivity index (χ0) is 14.7. The zero-order valence-corrected chi connectivity index (χ0v) is 13.0. The minimum absolute atomic E-state index is 0.00163. The van der Waals surface area contributed by atoms with Gasteiger partial charge in [-0.2, -0.15) is 11.8 Å². The van der Waals surface area contributed by atoms with E-state index in [-0.39, 0.29) is 17.5 Å². The van der Waals surface area contributed by atoms with Gasteiger partial charge in [0, 0.05) is 18.6 Å². The lowest BCUT2D eigenvalue weighted by atomic mass is 9.91. The molecule has 1 aromatic carbocycles. The van der Waals surface area contributed by atoms with E-state index in [9.17, 15) is 4.39 Å². The summed E-state index contributed by atoms with van der Waals surface area (Å²) in [6.07, 6.45) is 3.72. The fourth-order valence-corrected chi connectivity index (χ4v) is 4.52. The summed E-state index contributed by atoms with van der Waals surface area (Å²) >= 11 is 1.95. The lowest BCUT2D eigenvalue weighted by molar-refractivity contribution is -0.0960. The second-order valence-corrected chi connectivity index (χ2v) is 6.96. The van der Waals surface area contributed by atoms with Crippen LogP contribution in [0.15, 0.2) is 18.2 Å². The van der Waals surface area contributed by atoms with Crippen molar-refractivity contribution in [2.24, 2.45) is 5.73 Å². The van der Waals surface area contributed by atoms with Crippen molar-refractivity contribution in [3.05, 3.63) is 29.6 Å². The van der Waals surface area contributed by atoms with E-state index in [0.717, 1.165) is 42.9 Å². The van der Waals surface area contributed by atoms with Gasteiger partial charge in [-0.1, -0.05) is 0 Å². The lowest BCUT2D eigenvalue weighted by Crippen LogP contribution is -2.43. The predicted molar refractivity (Wildman–Crippen MR) is 83.4 cm³/mol. The van der Waals surface area contributed by atoms with Gasteiger partial charge in [-0.3, -0.25) is 0 Å². The molecule has 0 saturated carbocycles. The van der Waals surface area contributed by atoms with Crippen LogP contribution >= 0.6 is 11.8 Å². The maximum atomic E-state index is 13.4. The maximum Gasteiger partial charge on any atom is 0.123 e. The molecule has 5 heteroatoms. The average Bonchev–Trinajstić information content (AvgIpc) is 2.90. The molecular weight excluding hydrogens is 289 g/mol. The summed E-state index contributed by atoms with van der Waals surface area (Å²) in [5.74, 6) is 2.77. The fourth-order valence-electron chi connectivity index (χ4n) is 3.14. The normalized spacial score (nSPS) is 29.0. The van der Waals surface area contributed by atoms with Crippen LogP contribution < -0.4 is 10.5 Å². The molecule has 2 saturated heterocycles. The fraction of sp³-hybridized carbons (Fsp3) is 0.625. The van der Waals surface area contributed by atoms with Gasteiger partial charge in [0.1, 0.15) is 17.7 Å². The Kier molecular flexibility index (Phi) is 4.72. The van der Waals surface area contributed by atoms with Gasteiger partial charge >= 0.3 is 0 Å². The van der Waals surface area contributed by atoms with Crippen molar-refractivity contribution >= 4 is 11.8 Å². The van der Waals surface area contributed by atoms with Crippen molar-refractivity contribution in [2.45, 2.75) is 37.4 Å². The highest BCUT2D eigenvalue weighted by atomic mass is 32.2. The van der Waals surface area contributed by atoms with Crippen LogP contribution in [0, 0.1) is 5.82 Å². The Hall–Kier alpha value is -0.780. The van der Waals surface area contributed by atoms with Gasteiger partial charge < -0.3 is 15.2 Å². The van der Waals surface area contributed by atoms with Crippen molar-refractivity contribution < 1.29 is 13.9 Å². The van der Waals surface area contributed by atoms with E-state index in [0.29, 0.717) is 13.0 Å². The highest BCUT2D eigenvalue weighted by Crippen LogP contribution is 2.39. The third kappa shape index (κ3) is 3.52. The molecule has 0 radical (unpaired) electrons. The molecule has 1 aromatic rings. The van der Waals surface area contributed by atoms with Gasteiger partial charge in [-0.25, -0.2) is 4.39 Å². The van der Waals surface area contributed by atoms with Crippen molar-refractivity contribution in [1.82, 2.24) is 0 Å². The number of ether oxygens (including phenoxy) is 2. The number of nitrogens with two attached hydrogens (primary N) is 1. The first kappa shape index (κ1) is 15.1. The Bertz CT molecular complexity index is 491. The summed E-state index contributed by atoms with van der Waals surface area (Å²) in [6, 6.07) is 4.71. The van der Waals surface area contributed by atoms with E-state index in [4.69, 9.17) is 15.2 Å². The molecule has 3 nitrogen and oxygen atoms in total. The quantitative estimate of drug-likeness (QED) is 0.928. The smallest absolute Gasteiger partial charge is 0.123 e. The number of hydrogen-bond acceptors (Lipinski definition) is 4. The molecule has 2 aliphatic heterocycles. The minimum atomic E-state index is -0.235. The van der Waals surface area contributed by atoms with Gasteiger partial charge in [0.2, 0.25) is 0 Å². The van der Waals surface area contributed by atoms with Crippen molar-refractivity contribution in [3.63, 3.8) is 0 Å². The van der Waals surface area contributed by atoms with E-state index >= 15 is 0 Å². The molecule has 1 spiro atoms. The van der Waals surface area contributed by atoms with Gasteiger partial charge in [0.25, 0.3) is 0 Å². The van der Waals surface area contributed by atoms with Crippen molar-refractivity contribution in [3.8, 4) is 5.75 Å². The van der Waals surface area contributed by atoms with Crippen LogP contribution in [-0.2, 0) is 11.2 Å². The standard InChI is InChI=1S/C16H22FNO2S/c17-13-1-2-15(12(9-13)3-6-18)20-14-4-7-19-16(10-14)5-8-21-11-16/h1-2,9,14H,3-8,10-11,18H2. The molecule has 2 atom stereocenters. The number of hydrogen-bond donors (Lipinski definition) is 1. The van der Waals surface area contributed by atoms with Crippen LogP contribution in [-0.4, -0.2) is 36.4 Å². The van der Waals surface area contributed by atoms with Crippen LogP contribution in [0.2, 0.25) is 0 Å². The molecule has 21 heavy (non-hydrogen) atoms. The molecule has 2 N–H and O–H groups in total. The third-order valence-electron chi connectivity index (χ3n) is 4.24. The summed E-state index contributed by atoms with van der Waals surface area (Å²) in [5, 5.41) is 0. The minimum Gasteiger partial charge on any atom is -0.490 e. The van der Waals surface area contributed by atoms with E-state index in [2.05, 4.69) is 0 Å². The van der Waals surface area contributed by atoms with Gasteiger partial charge in [0.05, 0.1) is 12.2 Å². The Balaban J connectivity index is 1.71. The molecule has 0 aromatic heterocycles. The van der Waals surface area contributed by atoms with Gasteiger partial charge in [-0.15, -0.1) is 0 Å². The summed E-state index contributed by atoms with van der Waals surface area (Å²) < 4.78 is 25.6. The molecule has 3 rings (SSSR count). The number of benzene rings is 1. The van der Waals surface area contributed by atoms with Crippen LogP contribution in [0.1, 0.15) is 24.8 Å². The Morgan fingerprint density at radius 1 is 1.48 bits per heavy atom. The van der Waals surface area contributed by atoms with Crippen LogP contribution in [0.4, 0.5) is 4.39 Å². The largest absolute Gasteiger partial charge is 0.490 e. The Labute approximate surface area is 129 Å². The summed E-state index contributed by atoms with van der Waals surface area (Å²) in [4.78, 5) is 0. The summed E-state index contributed by atoms with van der Waals surface area (Å²) in [6.45, 7) is 1.24. The first-order chi connectivity index (χ1) is 10.2. The second kappa shape index (κ2) is 6.55. The van der Waals surface area contributed by atoms with Crippen molar-refractivity contribution in [2.75, 3.05) is 24.7 Å². The highest BCUT2D eigenvalue weighted by molar-refractivity contribution is 7.99. The van der Waals surface area contributed by atoms with E-state index < -0.39 is 0 Å². The van der Waals surface area contributed by atoms with Crippen LogP contribution in [0.3, 0.4) is 0 Å². The first-order valence-electron chi connectivity index (χ1n) is 7.58. The average molecular weight is 311 g/mol. The highest BCUT2D eigenvalue weighted by Gasteiger charge is 2.41. The first-order valence-corrected chi connectivity index (χ1v) is 8.73. The van der Waals surface area contributed by atoms with Crippen molar-refractivity contribution in [1.29, 1.82) is 0 Å². The molecule has 0 bridgehead atoms. The lowest BCUT2D eigenvalue weighted by Gasteiger charge is -2.37. The molecule has 2 aliphatic rings. The predicted octanol–water partition coefficient (Wildman–Crippen LogP) is 2.76. The van der Waals surface area contributed by atoms with Gasteiger partial charge in [0.15, 0.2) is 0 Å². The van der Waals surface area contributed by atoms with E-state index in [1.54, 1.807) is 6.07 Å². The molecular formula is C16H22FNO2S. The Morgan fingerprint density at radius 3 is 3.14 bits per heavy atom. The maximum absolute atomic E-state index is 13.4. The molecule has 2 unspecified atom stereocenters. The third-order valence-corrected chi connectivity index (χ3v) is 5.47. The SMILES string of the molecule is NCCc1cc(F)ccc1OC1CCOC2(CCSC2)C1. The molecule has 0 aliphatic carbocycles. The molecule has 2 fully saturated rings. The number of rotatable bonds is 4. The second-order valence-electron chi connectivity index (χ2n) is 5.86. The Morgan fingerprint density at radius 2 is 2.38 bits per heavy atom. The topological polar surface area (TPSA) is 44.5 Å². The zero-order valence-electron chi connectivity index (χ0n) is 12.1. The van der Waals surface area contributed by atoms with E-state index in [1.165, 1.54) is 17.9 Å². The molecule has 0 amide bonds. The molecule has 2 heterocycles.